The lowest BCUT2D eigenvalue weighted by Gasteiger charge is -2.37. The summed E-state index contributed by atoms with van der Waals surface area (Å²) in [5.74, 6) is 1.01. The number of anilines is 2. The Morgan fingerprint density at radius 3 is 2.50 bits per heavy atom. The average Bonchev–Trinajstić information content (AvgIpc) is 3.08. The van der Waals surface area contributed by atoms with Gasteiger partial charge in [-0.1, -0.05) is 23.8 Å². The molecule has 4 aromatic rings. The number of benzene rings is 2. The number of piperazine rings is 1. The van der Waals surface area contributed by atoms with Crippen molar-refractivity contribution in [1.29, 1.82) is 0 Å². The summed E-state index contributed by atoms with van der Waals surface area (Å²) in [6.45, 7) is 10.4. The first-order valence-corrected chi connectivity index (χ1v) is 9.91. The van der Waals surface area contributed by atoms with E-state index in [2.05, 4.69) is 81.9 Å². The van der Waals surface area contributed by atoms with E-state index in [0.29, 0.717) is 0 Å². The largest absolute Gasteiger partial charge is 0.368 e. The molecule has 1 saturated heterocycles. The number of H-pyrrole nitrogens is 1. The van der Waals surface area contributed by atoms with E-state index in [1.807, 2.05) is 0 Å². The van der Waals surface area contributed by atoms with Crippen molar-refractivity contribution in [3.63, 3.8) is 0 Å². The zero-order chi connectivity index (χ0) is 19.3. The van der Waals surface area contributed by atoms with Crippen LogP contribution in [0.5, 0.6) is 0 Å². The summed E-state index contributed by atoms with van der Waals surface area (Å²) >= 11 is 0. The number of aryl methyl sites for hydroxylation is 2. The first kappa shape index (κ1) is 17.0. The molecule has 1 aliphatic rings. The minimum Gasteiger partial charge on any atom is -0.368 e. The average molecular weight is 371 g/mol. The van der Waals surface area contributed by atoms with Crippen LogP contribution >= 0.6 is 0 Å². The van der Waals surface area contributed by atoms with Crippen molar-refractivity contribution in [2.75, 3.05) is 36.0 Å². The number of aromatic amines is 1. The highest BCUT2D eigenvalue weighted by Crippen LogP contribution is 2.31. The zero-order valence-electron chi connectivity index (χ0n) is 16.7. The third-order valence-corrected chi connectivity index (χ3v) is 6.01. The summed E-state index contributed by atoms with van der Waals surface area (Å²) in [5, 5.41) is 1.17. The lowest BCUT2D eigenvalue weighted by Crippen LogP contribution is -2.47. The van der Waals surface area contributed by atoms with E-state index < -0.39 is 0 Å². The van der Waals surface area contributed by atoms with Gasteiger partial charge >= 0.3 is 0 Å². The number of nitrogens with one attached hydrogen (secondary N) is 1. The molecule has 2 aromatic carbocycles. The van der Waals surface area contributed by atoms with Gasteiger partial charge in [0.1, 0.15) is 17.4 Å². The van der Waals surface area contributed by atoms with Crippen LogP contribution < -0.4 is 9.80 Å². The SMILES string of the molecule is Cc1ccc2[nH]c3c(N4CCN(c5cccc(C)c5C)CC4)ncnc3c2c1. The van der Waals surface area contributed by atoms with Crippen LogP contribution in [0.15, 0.2) is 42.7 Å². The van der Waals surface area contributed by atoms with E-state index in [-0.39, 0.29) is 0 Å². The van der Waals surface area contributed by atoms with Gasteiger partial charge in [-0.3, -0.25) is 0 Å². The Morgan fingerprint density at radius 1 is 0.893 bits per heavy atom. The molecule has 2 aromatic heterocycles. The van der Waals surface area contributed by atoms with Crippen molar-refractivity contribution >= 4 is 33.4 Å². The Balaban J connectivity index is 1.46. The van der Waals surface area contributed by atoms with E-state index in [0.717, 1.165) is 48.5 Å². The number of hydrogen-bond donors (Lipinski definition) is 1. The van der Waals surface area contributed by atoms with Crippen molar-refractivity contribution in [2.24, 2.45) is 0 Å². The van der Waals surface area contributed by atoms with Gasteiger partial charge in [0.15, 0.2) is 5.82 Å². The van der Waals surface area contributed by atoms with Crippen LogP contribution in [0.1, 0.15) is 16.7 Å². The van der Waals surface area contributed by atoms with E-state index in [1.54, 1.807) is 6.33 Å². The summed E-state index contributed by atoms with van der Waals surface area (Å²) in [6.07, 6.45) is 1.70. The van der Waals surface area contributed by atoms with Crippen LogP contribution in [-0.2, 0) is 0 Å². The van der Waals surface area contributed by atoms with Gasteiger partial charge in [0.05, 0.1) is 0 Å². The standard InChI is InChI=1S/C23H25N5/c1-15-7-8-19-18(13-15)21-22(26-19)23(25-14-24-21)28-11-9-27(10-12-28)20-6-4-5-16(2)17(20)3/h4-8,13-14,26H,9-12H2,1-3H3. The summed E-state index contributed by atoms with van der Waals surface area (Å²) in [5.41, 5.74) is 8.52. The first-order valence-electron chi connectivity index (χ1n) is 9.91. The molecule has 0 radical (unpaired) electrons. The zero-order valence-corrected chi connectivity index (χ0v) is 16.7. The van der Waals surface area contributed by atoms with Crippen molar-refractivity contribution in [3.8, 4) is 0 Å². The van der Waals surface area contributed by atoms with Gasteiger partial charge in [-0.05, 0) is 50.1 Å². The summed E-state index contributed by atoms with van der Waals surface area (Å²) < 4.78 is 0. The molecular weight excluding hydrogens is 346 g/mol. The van der Waals surface area contributed by atoms with Crippen molar-refractivity contribution in [1.82, 2.24) is 15.0 Å². The van der Waals surface area contributed by atoms with Crippen LogP contribution in [0, 0.1) is 20.8 Å². The van der Waals surface area contributed by atoms with Crippen LogP contribution in [0.4, 0.5) is 11.5 Å². The molecule has 0 amide bonds. The van der Waals surface area contributed by atoms with Crippen LogP contribution in [0.2, 0.25) is 0 Å². The van der Waals surface area contributed by atoms with Gasteiger partial charge in [0, 0.05) is 42.8 Å². The fourth-order valence-corrected chi connectivity index (χ4v) is 4.27. The van der Waals surface area contributed by atoms with Crippen molar-refractivity contribution in [3.05, 3.63) is 59.4 Å². The topological polar surface area (TPSA) is 48.1 Å². The third kappa shape index (κ3) is 2.70. The Hall–Kier alpha value is -3.08. The Bertz CT molecular complexity index is 1170. The highest BCUT2D eigenvalue weighted by molar-refractivity contribution is 6.08. The van der Waals surface area contributed by atoms with Crippen LogP contribution in [0.3, 0.4) is 0 Å². The van der Waals surface area contributed by atoms with Gasteiger partial charge in [0.2, 0.25) is 0 Å². The normalized spacial score (nSPS) is 15.0. The number of fused-ring (bicyclic) bond motifs is 3. The number of hydrogen-bond acceptors (Lipinski definition) is 4. The maximum absolute atomic E-state index is 4.64. The predicted molar refractivity (Wildman–Crippen MR) is 116 cm³/mol. The summed E-state index contributed by atoms with van der Waals surface area (Å²) in [6, 6.07) is 13.0. The quantitative estimate of drug-likeness (QED) is 0.569. The van der Waals surface area contributed by atoms with Crippen LogP contribution in [0.25, 0.3) is 21.9 Å². The van der Waals surface area contributed by atoms with Gasteiger partial charge < -0.3 is 14.8 Å². The van der Waals surface area contributed by atoms with Crippen LogP contribution in [-0.4, -0.2) is 41.1 Å². The molecule has 28 heavy (non-hydrogen) atoms. The lowest BCUT2D eigenvalue weighted by molar-refractivity contribution is 0.647. The predicted octanol–water partition coefficient (Wildman–Crippen LogP) is 4.36. The smallest absolute Gasteiger partial charge is 0.156 e. The number of nitrogens with zero attached hydrogens (tertiary/aromatic N) is 4. The van der Waals surface area contributed by atoms with E-state index in [1.165, 1.54) is 27.8 Å². The van der Waals surface area contributed by atoms with E-state index >= 15 is 0 Å². The van der Waals surface area contributed by atoms with Gasteiger partial charge in [0.25, 0.3) is 0 Å². The Labute approximate surface area is 165 Å². The number of rotatable bonds is 2. The highest BCUT2D eigenvalue weighted by atomic mass is 15.3. The molecule has 1 aliphatic heterocycles. The minimum absolute atomic E-state index is 0.952. The maximum Gasteiger partial charge on any atom is 0.156 e. The molecule has 3 heterocycles. The van der Waals surface area contributed by atoms with Gasteiger partial charge in [-0.25, -0.2) is 9.97 Å². The Kier molecular flexibility index (Phi) is 3.97. The van der Waals surface area contributed by atoms with E-state index in [4.69, 9.17) is 0 Å². The lowest BCUT2D eigenvalue weighted by atomic mass is 10.1. The second kappa shape index (κ2) is 6.51. The maximum atomic E-state index is 4.64. The molecule has 0 bridgehead atoms. The summed E-state index contributed by atoms with van der Waals surface area (Å²) in [4.78, 5) is 17.6. The first-order chi connectivity index (χ1) is 13.6. The third-order valence-electron chi connectivity index (χ3n) is 6.01. The fourth-order valence-electron chi connectivity index (χ4n) is 4.27. The molecule has 0 unspecified atom stereocenters. The molecule has 1 fully saturated rings. The monoisotopic (exact) mass is 371 g/mol. The van der Waals surface area contributed by atoms with Crippen molar-refractivity contribution < 1.29 is 0 Å². The highest BCUT2D eigenvalue weighted by Gasteiger charge is 2.22. The fraction of sp³-hybridized carbons (Fsp3) is 0.304. The number of aromatic nitrogens is 3. The molecule has 0 aliphatic carbocycles. The molecule has 0 saturated carbocycles. The molecule has 5 heteroatoms. The van der Waals surface area contributed by atoms with Crippen molar-refractivity contribution in [2.45, 2.75) is 20.8 Å². The molecular formula is C23H25N5. The van der Waals surface area contributed by atoms with Gasteiger partial charge in [-0.15, -0.1) is 0 Å². The second-order valence-corrected chi connectivity index (χ2v) is 7.79. The van der Waals surface area contributed by atoms with E-state index in [9.17, 15) is 0 Å². The Morgan fingerprint density at radius 2 is 1.68 bits per heavy atom. The van der Waals surface area contributed by atoms with Gasteiger partial charge in [-0.2, -0.15) is 0 Å². The molecule has 142 valence electrons. The molecule has 0 spiro atoms. The molecule has 0 atom stereocenters. The molecule has 1 N–H and O–H groups in total. The molecule has 5 nitrogen and oxygen atoms in total. The summed E-state index contributed by atoms with van der Waals surface area (Å²) in [7, 11) is 0. The molecule has 5 rings (SSSR count). The second-order valence-electron chi connectivity index (χ2n) is 7.79. The minimum atomic E-state index is 0.952.